The van der Waals surface area contributed by atoms with Crippen molar-refractivity contribution in [2.75, 3.05) is 19.6 Å². The molecule has 1 aliphatic heterocycles. The quantitative estimate of drug-likeness (QED) is 0.724. The van der Waals surface area contributed by atoms with Gasteiger partial charge in [0.05, 0.1) is 0 Å². The van der Waals surface area contributed by atoms with Crippen LogP contribution in [0, 0.1) is 11.3 Å². The van der Waals surface area contributed by atoms with Crippen LogP contribution in [-0.4, -0.2) is 42.5 Å². The molecule has 1 amide bonds. The van der Waals surface area contributed by atoms with E-state index in [2.05, 4.69) is 53.5 Å². The average molecular weight is 382 g/mol. The summed E-state index contributed by atoms with van der Waals surface area (Å²) in [6, 6.07) is 12.1. The fourth-order valence-electron chi connectivity index (χ4n) is 5.36. The van der Waals surface area contributed by atoms with E-state index in [1.165, 1.54) is 37.7 Å². The van der Waals surface area contributed by atoms with Crippen LogP contribution in [0.1, 0.15) is 57.4 Å². The van der Waals surface area contributed by atoms with Gasteiger partial charge >= 0.3 is 0 Å². The Morgan fingerprint density at radius 1 is 1.25 bits per heavy atom. The van der Waals surface area contributed by atoms with Gasteiger partial charge in [-0.25, -0.2) is 0 Å². The van der Waals surface area contributed by atoms with Gasteiger partial charge in [-0.05, 0) is 68.5 Å². The van der Waals surface area contributed by atoms with Crippen LogP contribution in [0.4, 0.5) is 0 Å². The molecule has 3 N–H and O–H groups in total. The molecule has 4 heteroatoms. The predicted octanol–water partition coefficient (Wildman–Crippen LogP) is 3.58. The fraction of sp³-hybridized carbons (Fsp3) is 0.625. The van der Waals surface area contributed by atoms with Crippen LogP contribution in [0.2, 0.25) is 0 Å². The van der Waals surface area contributed by atoms with Gasteiger partial charge in [0, 0.05) is 25.0 Å². The van der Waals surface area contributed by atoms with Crippen LogP contribution >= 0.6 is 0 Å². The van der Waals surface area contributed by atoms with E-state index in [1.807, 2.05) is 0 Å². The van der Waals surface area contributed by atoms with E-state index in [0.717, 1.165) is 32.0 Å². The molecule has 0 aromatic heterocycles. The topological polar surface area (TPSA) is 58.4 Å². The molecule has 4 nitrogen and oxygen atoms in total. The predicted molar refractivity (Wildman–Crippen MR) is 115 cm³/mol. The normalized spacial score (nSPS) is 27.5. The monoisotopic (exact) mass is 381 g/mol. The number of piperidine rings is 1. The molecule has 0 bridgehead atoms. The third-order valence-corrected chi connectivity index (χ3v) is 7.23. The maximum absolute atomic E-state index is 11.0. The Balaban J connectivity index is 1.20. The SMILES string of the molecule is CC/C(=C\c1ccccc1)[C@H]1C[C@@H]1NC1CC2(CCN(CCC(N)=O)CC2)C1. The molecular weight excluding hydrogens is 346 g/mol. The summed E-state index contributed by atoms with van der Waals surface area (Å²) < 4.78 is 0. The smallest absolute Gasteiger partial charge is 0.218 e. The maximum atomic E-state index is 11.0. The second-order valence-electron chi connectivity index (χ2n) is 9.26. The van der Waals surface area contributed by atoms with Gasteiger partial charge in [0.15, 0.2) is 0 Å². The van der Waals surface area contributed by atoms with Gasteiger partial charge in [0.25, 0.3) is 0 Å². The van der Waals surface area contributed by atoms with E-state index in [-0.39, 0.29) is 5.91 Å². The summed E-state index contributed by atoms with van der Waals surface area (Å²) in [7, 11) is 0. The number of benzene rings is 1. The van der Waals surface area contributed by atoms with Crippen molar-refractivity contribution in [2.24, 2.45) is 17.1 Å². The van der Waals surface area contributed by atoms with E-state index in [9.17, 15) is 4.79 Å². The Hall–Kier alpha value is -1.65. The standard InChI is InChI=1S/C24H35N3O/c1-2-19(14-18-6-4-3-5-7-18)21-15-22(21)26-20-16-24(17-20)9-12-27(13-10-24)11-8-23(25)28/h3-7,14,20-22,26H,2,8-13,15-17H2,1H3,(H2,25,28)/b19-14+/t21-,22+/m1/s1. The fourth-order valence-corrected chi connectivity index (χ4v) is 5.36. The summed E-state index contributed by atoms with van der Waals surface area (Å²) in [4.78, 5) is 13.4. The maximum Gasteiger partial charge on any atom is 0.218 e. The summed E-state index contributed by atoms with van der Waals surface area (Å²) in [5.41, 5.74) is 8.77. The van der Waals surface area contributed by atoms with Crippen LogP contribution in [0.15, 0.2) is 35.9 Å². The molecule has 1 heterocycles. The van der Waals surface area contributed by atoms with Gasteiger partial charge in [-0.3, -0.25) is 4.79 Å². The minimum Gasteiger partial charge on any atom is -0.370 e. The van der Waals surface area contributed by atoms with Crippen molar-refractivity contribution in [3.63, 3.8) is 0 Å². The van der Waals surface area contributed by atoms with Crippen LogP contribution in [0.3, 0.4) is 0 Å². The molecule has 0 radical (unpaired) electrons. The number of nitrogens with one attached hydrogen (secondary N) is 1. The lowest BCUT2D eigenvalue weighted by Crippen LogP contribution is -2.54. The van der Waals surface area contributed by atoms with Crippen LogP contribution in [-0.2, 0) is 4.79 Å². The summed E-state index contributed by atoms with van der Waals surface area (Å²) in [5.74, 6) is 0.553. The second kappa shape index (κ2) is 8.38. The molecule has 152 valence electrons. The van der Waals surface area contributed by atoms with E-state index in [0.29, 0.717) is 23.9 Å². The molecular formula is C24H35N3O. The number of nitrogens with zero attached hydrogens (tertiary/aromatic N) is 1. The number of carbonyl (C=O) groups excluding carboxylic acids is 1. The number of likely N-dealkylation sites (tertiary alicyclic amines) is 1. The number of amides is 1. The highest BCUT2D eigenvalue weighted by atomic mass is 16.1. The summed E-state index contributed by atoms with van der Waals surface area (Å²) >= 11 is 0. The van der Waals surface area contributed by atoms with Gasteiger partial charge in [0.2, 0.25) is 5.91 Å². The molecule has 3 aliphatic rings. The molecule has 0 unspecified atom stereocenters. The van der Waals surface area contributed by atoms with Crippen molar-refractivity contribution in [1.29, 1.82) is 0 Å². The van der Waals surface area contributed by atoms with Crippen molar-refractivity contribution < 1.29 is 4.79 Å². The van der Waals surface area contributed by atoms with E-state index >= 15 is 0 Å². The zero-order valence-corrected chi connectivity index (χ0v) is 17.2. The first-order chi connectivity index (χ1) is 13.6. The molecule has 2 saturated carbocycles. The lowest BCUT2D eigenvalue weighted by Gasteiger charge is -2.52. The Bertz CT molecular complexity index is 698. The molecule has 2 atom stereocenters. The van der Waals surface area contributed by atoms with Crippen molar-refractivity contribution in [2.45, 2.75) is 64.0 Å². The minimum absolute atomic E-state index is 0.181. The van der Waals surface area contributed by atoms with E-state index in [1.54, 1.807) is 5.57 Å². The number of rotatable bonds is 8. The van der Waals surface area contributed by atoms with Gasteiger partial charge in [-0.2, -0.15) is 0 Å². The van der Waals surface area contributed by atoms with E-state index in [4.69, 9.17) is 5.73 Å². The van der Waals surface area contributed by atoms with Crippen LogP contribution < -0.4 is 11.1 Å². The number of hydrogen-bond donors (Lipinski definition) is 2. The summed E-state index contributed by atoms with van der Waals surface area (Å²) in [6.07, 6.45) is 10.6. The van der Waals surface area contributed by atoms with Gasteiger partial charge in [-0.1, -0.05) is 48.9 Å². The van der Waals surface area contributed by atoms with Crippen molar-refractivity contribution in [3.8, 4) is 0 Å². The minimum atomic E-state index is -0.181. The number of hydrogen-bond acceptors (Lipinski definition) is 3. The summed E-state index contributed by atoms with van der Waals surface area (Å²) in [5, 5.41) is 3.95. The van der Waals surface area contributed by atoms with Crippen LogP contribution in [0.5, 0.6) is 0 Å². The lowest BCUT2D eigenvalue weighted by molar-refractivity contribution is -0.118. The summed E-state index contributed by atoms with van der Waals surface area (Å²) in [6.45, 7) is 5.39. The first-order valence-electron chi connectivity index (χ1n) is 11.1. The molecule has 4 rings (SSSR count). The molecule has 28 heavy (non-hydrogen) atoms. The Kier molecular flexibility index (Phi) is 5.88. The zero-order valence-electron chi connectivity index (χ0n) is 17.2. The highest BCUT2D eigenvalue weighted by Crippen LogP contribution is 2.50. The molecule has 2 aliphatic carbocycles. The number of carbonyl (C=O) groups is 1. The van der Waals surface area contributed by atoms with Gasteiger partial charge < -0.3 is 16.0 Å². The molecule has 1 spiro atoms. The van der Waals surface area contributed by atoms with Gasteiger partial charge in [0.1, 0.15) is 0 Å². The molecule has 1 saturated heterocycles. The lowest BCUT2D eigenvalue weighted by atomic mass is 9.60. The highest BCUT2D eigenvalue weighted by molar-refractivity contribution is 5.73. The molecule has 1 aromatic rings. The number of nitrogens with two attached hydrogens (primary N) is 1. The van der Waals surface area contributed by atoms with Crippen molar-refractivity contribution >= 4 is 12.0 Å². The zero-order chi connectivity index (χ0) is 19.6. The van der Waals surface area contributed by atoms with Crippen LogP contribution in [0.25, 0.3) is 6.08 Å². The van der Waals surface area contributed by atoms with Gasteiger partial charge in [-0.15, -0.1) is 0 Å². The Morgan fingerprint density at radius 2 is 1.96 bits per heavy atom. The van der Waals surface area contributed by atoms with Crippen molar-refractivity contribution in [3.05, 3.63) is 41.5 Å². The van der Waals surface area contributed by atoms with Crippen molar-refractivity contribution in [1.82, 2.24) is 10.2 Å². The first kappa shape index (κ1) is 19.7. The second-order valence-corrected chi connectivity index (χ2v) is 9.26. The Morgan fingerprint density at radius 3 is 2.61 bits per heavy atom. The highest BCUT2D eigenvalue weighted by Gasteiger charge is 2.49. The Labute approximate surface area is 169 Å². The largest absolute Gasteiger partial charge is 0.370 e. The molecule has 1 aromatic carbocycles. The third-order valence-electron chi connectivity index (χ3n) is 7.23. The number of primary amides is 1. The average Bonchev–Trinajstić information content (AvgIpc) is 3.44. The third kappa shape index (κ3) is 4.66. The molecule has 3 fully saturated rings. The van der Waals surface area contributed by atoms with E-state index < -0.39 is 0 Å². The first-order valence-corrected chi connectivity index (χ1v) is 11.1.